The Morgan fingerprint density at radius 3 is 2.27 bits per heavy atom. The second-order valence-corrected chi connectivity index (χ2v) is 20.1. The van der Waals surface area contributed by atoms with Crippen LogP contribution in [-0.2, 0) is 61.3 Å². The zero-order valence-electron chi connectivity index (χ0n) is 35.7. The maximum atomic E-state index is 13.7. The molecular weight excluding hydrogens is 880 g/mol. The van der Waals surface area contributed by atoms with E-state index in [0.717, 1.165) is 29.6 Å². The van der Waals surface area contributed by atoms with Crippen molar-refractivity contribution in [2.45, 2.75) is 97.0 Å². The van der Waals surface area contributed by atoms with E-state index in [1.165, 1.54) is 19.2 Å². The summed E-state index contributed by atoms with van der Waals surface area (Å²) < 4.78 is 74.2. The number of nitrogens with zero attached hydrogens (tertiary/aromatic N) is 5. The molecule has 0 bridgehead atoms. The van der Waals surface area contributed by atoms with Crippen LogP contribution in [0.4, 0.5) is 14.7 Å². The van der Waals surface area contributed by atoms with Gasteiger partial charge in [-0.25, -0.2) is 14.6 Å². The lowest BCUT2D eigenvalue weighted by molar-refractivity contribution is -0.753. The Labute approximate surface area is 362 Å². The van der Waals surface area contributed by atoms with Crippen LogP contribution in [0.3, 0.4) is 0 Å². The number of thiazole rings is 1. The van der Waals surface area contributed by atoms with E-state index in [4.69, 9.17) is 28.1 Å². The summed E-state index contributed by atoms with van der Waals surface area (Å²) in [7, 11) is -6.94. The number of amides is 4. The molecule has 0 saturated carbocycles. The van der Waals surface area contributed by atoms with Crippen molar-refractivity contribution in [1.82, 2.24) is 25.4 Å². The number of hydrogen-bond donors (Lipinski definition) is 5. The fourth-order valence-corrected chi connectivity index (χ4v) is 7.26. The van der Waals surface area contributed by atoms with Gasteiger partial charge in [0.25, 0.3) is 17.7 Å². The number of nitrogens with one attached hydrogen (secondary N) is 3. The maximum Gasteiger partial charge on any atom is 0.418 e. The molecule has 3 aromatic rings. The highest BCUT2D eigenvalue weighted by atomic mass is 32.3. The fraction of sp³-hybridized carbons (Fsp3) is 0.528. The molecule has 3 atom stereocenters. The van der Waals surface area contributed by atoms with Crippen LogP contribution in [0.5, 0.6) is 5.75 Å². The number of hydroxylamine groups is 2. The maximum absolute atomic E-state index is 13.7. The molecule has 342 valence electrons. The molecule has 1 aromatic carbocycles. The van der Waals surface area contributed by atoms with Crippen LogP contribution in [-0.4, -0.2) is 111 Å². The van der Waals surface area contributed by atoms with Crippen LogP contribution in [0.2, 0.25) is 0 Å². The third kappa shape index (κ3) is 13.9. The highest BCUT2D eigenvalue weighted by molar-refractivity contribution is 7.80. The van der Waals surface area contributed by atoms with Crippen molar-refractivity contribution in [3.05, 3.63) is 47.7 Å². The molecule has 4 amide bonds. The number of oxime groups is 1. The predicted octanol–water partition coefficient (Wildman–Crippen LogP) is 3.50. The van der Waals surface area contributed by atoms with Crippen LogP contribution < -0.4 is 25.4 Å². The summed E-state index contributed by atoms with van der Waals surface area (Å²) in [4.78, 5) is 71.2. The topological polar surface area (TPSA) is 289 Å². The number of carbonyl (C=O) groups is 4. The molecule has 1 fully saturated rings. The molecule has 62 heavy (non-hydrogen) atoms. The number of ether oxygens (including phenoxy) is 3. The van der Waals surface area contributed by atoms with Gasteiger partial charge in [-0.1, -0.05) is 17.3 Å². The molecule has 0 aliphatic carbocycles. The summed E-state index contributed by atoms with van der Waals surface area (Å²) in [5.74, 6) is -3.76. The first-order chi connectivity index (χ1) is 28.6. The Balaban J connectivity index is 1.50. The largest absolute Gasteiger partial charge is 0.489 e. The summed E-state index contributed by atoms with van der Waals surface area (Å²) >= 11 is 0.852. The normalized spacial score (nSPS) is 17.0. The van der Waals surface area contributed by atoms with Gasteiger partial charge in [0.05, 0.1) is 23.8 Å². The van der Waals surface area contributed by atoms with Gasteiger partial charge in [0, 0.05) is 19.0 Å². The van der Waals surface area contributed by atoms with Gasteiger partial charge >= 0.3 is 30.2 Å². The van der Waals surface area contributed by atoms with E-state index in [9.17, 15) is 37.1 Å². The summed E-state index contributed by atoms with van der Waals surface area (Å²) in [5, 5.41) is 12.9. The first-order valence-electron chi connectivity index (χ1n) is 18.7. The van der Waals surface area contributed by atoms with Crippen molar-refractivity contribution in [2.24, 2.45) is 12.2 Å². The van der Waals surface area contributed by atoms with E-state index in [-0.39, 0.29) is 16.6 Å². The summed E-state index contributed by atoms with van der Waals surface area (Å²) in [6.45, 7) is 13.4. The molecule has 4 rings (SSSR count). The van der Waals surface area contributed by atoms with Crippen molar-refractivity contribution in [3.8, 4) is 16.9 Å². The molecule has 0 spiro atoms. The molecule has 0 radical (unpaired) electrons. The van der Waals surface area contributed by atoms with Crippen LogP contribution in [0, 0.1) is 0 Å². The summed E-state index contributed by atoms with van der Waals surface area (Å²) in [5.41, 5.74) is -2.15. The lowest BCUT2D eigenvalue weighted by atomic mass is 9.84. The molecule has 1 aliphatic heterocycles. The minimum Gasteiger partial charge on any atom is -0.489 e. The van der Waals surface area contributed by atoms with Gasteiger partial charge in [0.2, 0.25) is 6.20 Å². The molecular formula is C36H52N8O15PS2+. The van der Waals surface area contributed by atoms with Crippen LogP contribution in [0.1, 0.15) is 67.5 Å². The average molecular weight is 932 g/mol. The minimum absolute atomic E-state index is 0.0477. The second-order valence-electron chi connectivity index (χ2n) is 16.2. The SMILES string of the molecule is COP(=O)(O)C(COc1ccc(-c2cn(CCCNC(=O)OC(C)(C)C)[n+](C)c2)cc1)ON=C(C(=O)NC1C(=O)N(OS(=O)(=O)O)C1(C)C)c1csc(NC(=O)OC(C)(C)C)n1. The number of anilines is 1. The Bertz CT molecular complexity index is 2300. The smallest absolute Gasteiger partial charge is 0.418 e. The Morgan fingerprint density at radius 1 is 1.06 bits per heavy atom. The van der Waals surface area contributed by atoms with Crippen LogP contribution >= 0.6 is 18.9 Å². The van der Waals surface area contributed by atoms with Crippen molar-refractivity contribution >= 4 is 64.2 Å². The number of aromatic nitrogens is 3. The standard InChI is InChI=1S/C36H51N8O15PS2/c1-34(2,3)56-32(47)37-16-11-17-43-19-23(18-42(43)9)22-12-14-24(15-13-22)55-20-26(60(49,50)54-10)58-41-27(25-21-61-31(38-25)40-33(48)57-35(4,5)6)29(45)39-28-30(46)44(36(28,7)8)59-62(51,52)53/h12-15,18-19,21,26,28H,11,16-17,20H2,1-10H3,(H4-,37,38,39,40,45,47,48,49,50,51,52,53)/p+1. The Hall–Kier alpha value is -5.17. The molecule has 1 aliphatic rings. The molecule has 3 unspecified atom stereocenters. The van der Waals surface area contributed by atoms with E-state index in [1.54, 1.807) is 65.8 Å². The van der Waals surface area contributed by atoms with Crippen LogP contribution in [0.15, 0.2) is 47.2 Å². The van der Waals surface area contributed by atoms with Gasteiger partial charge in [-0.15, -0.1) is 20.3 Å². The molecule has 2 aromatic heterocycles. The number of carbonyl (C=O) groups excluding carboxylic acids is 4. The Kier molecular flexibility index (Phi) is 15.5. The minimum atomic E-state index is -5.10. The first kappa shape index (κ1) is 49.5. The zero-order valence-corrected chi connectivity index (χ0v) is 38.3. The van der Waals surface area contributed by atoms with E-state index in [0.29, 0.717) is 24.6 Å². The molecule has 1 saturated heterocycles. The van der Waals surface area contributed by atoms with Gasteiger partial charge in [0.15, 0.2) is 17.9 Å². The van der Waals surface area contributed by atoms with E-state index in [1.807, 2.05) is 28.8 Å². The third-order valence-corrected chi connectivity index (χ3v) is 11.0. The van der Waals surface area contributed by atoms with Gasteiger partial charge in [-0.3, -0.25) is 24.0 Å². The molecule has 23 nitrogen and oxygen atoms in total. The summed E-state index contributed by atoms with van der Waals surface area (Å²) in [6, 6.07) is 5.33. The average Bonchev–Trinajstić information content (AvgIpc) is 3.76. The third-order valence-electron chi connectivity index (χ3n) is 8.41. The molecule has 5 N–H and O–H groups in total. The van der Waals surface area contributed by atoms with Crippen molar-refractivity contribution in [3.63, 3.8) is 0 Å². The quantitative estimate of drug-likeness (QED) is 0.0232. The molecule has 3 heterocycles. The number of benzene rings is 1. The van der Waals surface area contributed by atoms with Gasteiger partial charge in [-0.2, -0.15) is 18.2 Å². The zero-order chi connectivity index (χ0) is 46.4. The first-order valence-corrected chi connectivity index (χ1v) is 22.6. The lowest BCUT2D eigenvalue weighted by Gasteiger charge is -2.50. The second kappa shape index (κ2) is 19.5. The lowest BCUT2D eigenvalue weighted by Crippen LogP contribution is -2.76. The number of rotatable bonds is 18. The molecule has 26 heteroatoms. The fourth-order valence-electron chi connectivity index (χ4n) is 5.46. The highest BCUT2D eigenvalue weighted by Crippen LogP contribution is 2.47. The van der Waals surface area contributed by atoms with Gasteiger partial charge in [-0.05, 0) is 79.5 Å². The number of β-lactam (4-membered cyclic amide) rings is 1. The van der Waals surface area contributed by atoms with E-state index < -0.39 is 82.9 Å². The predicted molar refractivity (Wildman–Crippen MR) is 221 cm³/mol. The van der Waals surface area contributed by atoms with Gasteiger partial charge in [0.1, 0.15) is 35.3 Å². The van der Waals surface area contributed by atoms with Crippen molar-refractivity contribution in [2.75, 3.05) is 25.6 Å². The number of aryl methyl sites for hydroxylation is 2. The highest BCUT2D eigenvalue weighted by Gasteiger charge is 2.58. The monoisotopic (exact) mass is 931 g/mol. The summed E-state index contributed by atoms with van der Waals surface area (Å²) in [6.07, 6.45) is 3.14. The van der Waals surface area contributed by atoms with E-state index in [2.05, 4.69) is 30.4 Å². The number of hydrogen-bond acceptors (Lipinski definition) is 16. The van der Waals surface area contributed by atoms with Crippen LogP contribution in [0.25, 0.3) is 11.1 Å². The van der Waals surface area contributed by atoms with Gasteiger partial charge < -0.3 is 39.1 Å². The van der Waals surface area contributed by atoms with Crippen molar-refractivity contribution in [1.29, 1.82) is 0 Å². The Morgan fingerprint density at radius 2 is 1.69 bits per heavy atom. The van der Waals surface area contributed by atoms with E-state index >= 15 is 0 Å². The number of alkyl carbamates (subject to hydrolysis) is 1. The van der Waals surface area contributed by atoms with Crippen molar-refractivity contribution < 1.29 is 74.1 Å².